The van der Waals surface area contributed by atoms with E-state index in [2.05, 4.69) is 4.74 Å². The van der Waals surface area contributed by atoms with Crippen molar-refractivity contribution in [2.45, 2.75) is 6.92 Å². The van der Waals surface area contributed by atoms with Crippen molar-refractivity contribution in [3.05, 3.63) is 23.8 Å². The average Bonchev–Trinajstić information content (AvgIpc) is 2.53. The molecule has 0 aromatic rings. The predicted octanol–water partition coefficient (Wildman–Crippen LogP) is -0.514. The molecule has 0 aromatic heterocycles. The highest BCUT2D eigenvalue weighted by Crippen LogP contribution is 2.10. The Kier molecular flexibility index (Phi) is 4.36. The number of hydrogen-bond donors (Lipinski definition) is 1. The smallest absolute Gasteiger partial charge is 0.331 e. The van der Waals surface area contributed by atoms with Gasteiger partial charge in [0.05, 0.1) is 6.54 Å². The molecule has 18 heavy (non-hydrogen) atoms. The third kappa shape index (κ3) is 3.55. The standard InChI is InChI=1S/C11H11NO6/c1-7-6-8(13)12(11(7)17)4-5-18-10(16)3-2-9(14)15/h2-3,6H,4-5H2,1H3,(H,14,15)/b3-2-. The predicted molar refractivity (Wildman–Crippen MR) is 58.2 cm³/mol. The molecule has 0 aromatic carbocycles. The highest BCUT2D eigenvalue weighted by atomic mass is 16.5. The molecule has 0 saturated carbocycles. The van der Waals surface area contributed by atoms with Gasteiger partial charge in [-0.3, -0.25) is 14.5 Å². The molecule has 7 heteroatoms. The lowest BCUT2D eigenvalue weighted by molar-refractivity contribution is -0.144. The van der Waals surface area contributed by atoms with Crippen LogP contribution in [0.15, 0.2) is 23.8 Å². The summed E-state index contributed by atoms with van der Waals surface area (Å²) in [5.41, 5.74) is 0.331. The van der Waals surface area contributed by atoms with Crippen LogP contribution >= 0.6 is 0 Å². The summed E-state index contributed by atoms with van der Waals surface area (Å²) in [6.07, 6.45) is 2.59. The summed E-state index contributed by atoms with van der Waals surface area (Å²) in [6, 6.07) is 0. The summed E-state index contributed by atoms with van der Waals surface area (Å²) in [7, 11) is 0. The zero-order valence-corrected chi connectivity index (χ0v) is 9.58. The van der Waals surface area contributed by atoms with Crippen LogP contribution in [0, 0.1) is 0 Å². The van der Waals surface area contributed by atoms with Crippen molar-refractivity contribution in [3.63, 3.8) is 0 Å². The van der Waals surface area contributed by atoms with E-state index in [1.807, 2.05) is 0 Å². The monoisotopic (exact) mass is 253 g/mol. The lowest BCUT2D eigenvalue weighted by Gasteiger charge is -2.13. The highest BCUT2D eigenvalue weighted by Gasteiger charge is 2.27. The first-order valence-electron chi connectivity index (χ1n) is 5.03. The number of carboxylic acids is 1. The molecule has 1 aliphatic rings. The van der Waals surface area contributed by atoms with Gasteiger partial charge in [-0.15, -0.1) is 0 Å². The Morgan fingerprint density at radius 2 is 2.06 bits per heavy atom. The van der Waals surface area contributed by atoms with Crippen molar-refractivity contribution < 1.29 is 29.0 Å². The van der Waals surface area contributed by atoms with Crippen molar-refractivity contribution in [2.75, 3.05) is 13.2 Å². The maximum Gasteiger partial charge on any atom is 0.331 e. The number of amides is 2. The Hall–Kier alpha value is -2.44. The molecule has 1 heterocycles. The molecule has 2 amide bonds. The van der Waals surface area contributed by atoms with E-state index in [0.717, 1.165) is 11.0 Å². The molecular formula is C11H11NO6. The van der Waals surface area contributed by atoms with E-state index in [9.17, 15) is 19.2 Å². The Morgan fingerprint density at radius 1 is 1.39 bits per heavy atom. The molecular weight excluding hydrogens is 242 g/mol. The molecule has 0 aliphatic carbocycles. The number of hydrogen-bond acceptors (Lipinski definition) is 5. The van der Waals surface area contributed by atoms with Crippen LogP contribution in [0.4, 0.5) is 0 Å². The Morgan fingerprint density at radius 3 is 2.56 bits per heavy atom. The topological polar surface area (TPSA) is 101 Å². The normalized spacial score (nSPS) is 15.2. The highest BCUT2D eigenvalue weighted by molar-refractivity contribution is 6.15. The number of carboxylic acid groups (broad SMARTS) is 1. The molecule has 0 spiro atoms. The van der Waals surface area contributed by atoms with Gasteiger partial charge < -0.3 is 9.84 Å². The molecule has 0 unspecified atom stereocenters. The van der Waals surface area contributed by atoms with Crippen molar-refractivity contribution in [2.24, 2.45) is 0 Å². The average molecular weight is 253 g/mol. The third-order valence-electron chi connectivity index (χ3n) is 2.11. The maximum atomic E-state index is 11.4. The van der Waals surface area contributed by atoms with Crippen molar-refractivity contribution in [3.8, 4) is 0 Å². The van der Waals surface area contributed by atoms with Crippen LogP contribution in [0.1, 0.15) is 6.92 Å². The lowest BCUT2D eigenvalue weighted by atomic mass is 10.3. The van der Waals surface area contributed by atoms with Gasteiger partial charge in [-0.05, 0) is 6.92 Å². The second-order valence-corrected chi connectivity index (χ2v) is 3.46. The molecule has 0 atom stereocenters. The minimum absolute atomic E-state index is 0.0574. The van der Waals surface area contributed by atoms with Gasteiger partial charge in [0.25, 0.3) is 11.8 Å². The number of aliphatic carboxylic acids is 1. The fourth-order valence-electron chi connectivity index (χ4n) is 1.27. The number of rotatable bonds is 5. The molecule has 1 N–H and O–H groups in total. The largest absolute Gasteiger partial charge is 0.478 e. The summed E-state index contributed by atoms with van der Waals surface area (Å²) < 4.78 is 4.63. The van der Waals surface area contributed by atoms with Crippen LogP contribution in [0.3, 0.4) is 0 Å². The van der Waals surface area contributed by atoms with E-state index >= 15 is 0 Å². The van der Waals surface area contributed by atoms with E-state index in [-0.39, 0.29) is 13.2 Å². The molecule has 0 fully saturated rings. The minimum Gasteiger partial charge on any atom is -0.478 e. The Balaban J connectivity index is 2.35. The summed E-state index contributed by atoms with van der Waals surface area (Å²) >= 11 is 0. The van der Waals surface area contributed by atoms with Crippen LogP contribution in [0.25, 0.3) is 0 Å². The van der Waals surface area contributed by atoms with Crippen molar-refractivity contribution in [1.29, 1.82) is 0 Å². The molecule has 0 radical (unpaired) electrons. The van der Waals surface area contributed by atoms with Crippen LogP contribution in [-0.2, 0) is 23.9 Å². The van der Waals surface area contributed by atoms with Crippen molar-refractivity contribution >= 4 is 23.8 Å². The SMILES string of the molecule is CC1=CC(=O)N(CCOC(=O)/C=C\C(=O)O)C1=O. The van der Waals surface area contributed by atoms with Gasteiger partial charge >= 0.3 is 11.9 Å². The van der Waals surface area contributed by atoms with Crippen LogP contribution in [0.2, 0.25) is 0 Å². The van der Waals surface area contributed by atoms with Crippen molar-refractivity contribution in [1.82, 2.24) is 4.90 Å². The van der Waals surface area contributed by atoms with E-state index < -0.39 is 23.8 Å². The summed E-state index contributed by atoms with van der Waals surface area (Å²) in [4.78, 5) is 44.7. The molecule has 1 rings (SSSR count). The van der Waals surface area contributed by atoms with Gasteiger partial charge in [0.1, 0.15) is 6.61 Å². The second-order valence-electron chi connectivity index (χ2n) is 3.46. The Labute approximate surface area is 102 Å². The van der Waals surface area contributed by atoms with Crippen LogP contribution in [-0.4, -0.2) is 46.9 Å². The van der Waals surface area contributed by atoms with E-state index in [4.69, 9.17) is 5.11 Å². The van der Waals surface area contributed by atoms with Gasteiger partial charge in [-0.2, -0.15) is 0 Å². The molecule has 1 aliphatic heterocycles. The first-order chi connectivity index (χ1) is 8.41. The number of carbonyl (C=O) groups is 4. The van der Waals surface area contributed by atoms with Gasteiger partial charge in [-0.25, -0.2) is 9.59 Å². The fourth-order valence-corrected chi connectivity index (χ4v) is 1.27. The maximum absolute atomic E-state index is 11.4. The number of nitrogens with zero attached hydrogens (tertiary/aromatic N) is 1. The van der Waals surface area contributed by atoms with Gasteiger partial charge in [0.2, 0.25) is 0 Å². The second kappa shape index (κ2) is 5.76. The fraction of sp³-hybridized carbons (Fsp3) is 0.273. The third-order valence-corrected chi connectivity index (χ3v) is 2.11. The number of imide groups is 1. The summed E-state index contributed by atoms with van der Waals surface area (Å²) in [6.45, 7) is 1.28. The Bertz CT molecular complexity index is 462. The molecule has 0 saturated heterocycles. The minimum atomic E-state index is -1.27. The summed E-state index contributed by atoms with van der Waals surface area (Å²) in [5.74, 6) is -2.98. The van der Waals surface area contributed by atoms with E-state index in [0.29, 0.717) is 11.6 Å². The van der Waals surface area contributed by atoms with E-state index in [1.165, 1.54) is 13.0 Å². The van der Waals surface area contributed by atoms with Crippen LogP contribution < -0.4 is 0 Å². The van der Waals surface area contributed by atoms with Gasteiger partial charge in [0.15, 0.2) is 0 Å². The van der Waals surface area contributed by atoms with E-state index in [1.54, 1.807) is 0 Å². The number of carbonyl (C=O) groups excluding carboxylic acids is 3. The zero-order chi connectivity index (χ0) is 13.7. The van der Waals surface area contributed by atoms with Crippen LogP contribution in [0.5, 0.6) is 0 Å². The molecule has 7 nitrogen and oxygen atoms in total. The van der Waals surface area contributed by atoms with Gasteiger partial charge in [0, 0.05) is 23.8 Å². The first-order valence-corrected chi connectivity index (χ1v) is 5.03. The first kappa shape index (κ1) is 13.6. The summed E-state index contributed by atoms with van der Waals surface area (Å²) in [5, 5.41) is 8.26. The quantitative estimate of drug-likeness (QED) is 0.402. The molecule has 96 valence electrons. The number of ether oxygens (including phenoxy) is 1. The number of esters is 1. The lowest BCUT2D eigenvalue weighted by Crippen LogP contribution is -2.34. The molecule has 0 bridgehead atoms. The van der Waals surface area contributed by atoms with Gasteiger partial charge in [-0.1, -0.05) is 0 Å². The zero-order valence-electron chi connectivity index (χ0n) is 9.58.